The summed E-state index contributed by atoms with van der Waals surface area (Å²) in [7, 11) is 0. The lowest BCUT2D eigenvalue weighted by Gasteiger charge is -2.30. The van der Waals surface area contributed by atoms with Crippen molar-refractivity contribution in [1.29, 1.82) is 0 Å². The molecule has 0 heterocycles. The van der Waals surface area contributed by atoms with Crippen molar-refractivity contribution in [3.05, 3.63) is 161 Å². The average Bonchev–Trinajstić information content (AvgIpc) is 3.51. The summed E-state index contributed by atoms with van der Waals surface area (Å²) in [6.07, 6.45) is 0. The van der Waals surface area contributed by atoms with E-state index in [0.29, 0.717) is 5.92 Å². The molecule has 0 atom stereocenters. The second-order valence-corrected chi connectivity index (χ2v) is 17.7. The third-order valence-electron chi connectivity index (χ3n) is 13.1. The van der Waals surface area contributed by atoms with Gasteiger partial charge < -0.3 is 5.32 Å². The minimum Gasteiger partial charge on any atom is -0.376 e. The van der Waals surface area contributed by atoms with Gasteiger partial charge in [0.05, 0.1) is 5.54 Å². The van der Waals surface area contributed by atoms with Crippen molar-refractivity contribution in [3.63, 3.8) is 0 Å². The molecule has 0 amide bonds. The van der Waals surface area contributed by atoms with Crippen molar-refractivity contribution in [2.24, 2.45) is 0 Å². The van der Waals surface area contributed by atoms with Crippen LogP contribution in [0.2, 0.25) is 0 Å². The van der Waals surface area contributed by atoms with Crippen molar-refractivity contribution < 1.29 is 0 Å². The van der Waals surface area contributed by atoms with Crippen LogP contribution >= 0.6 is 0 Å². The van der Waals surface area contributed by atoms with Gasteiger partial charge in [-0.05, 0) is 149 Å². The van der Waals surface area contributed by atoms with E-state index >= 15 is 0 Å². The molecule has 0 aliphatic heterocycles. The van der Waals surface area contributed by atoms with Crippen LogP contribution in [0.1, 0.15) is 94.7 Å². The summed E-state index contributed by atoms with van der Waals surface area (Å²) in [5, 5.41) is 12.0. The Balaban J connectivity index is 1.11. The maximum atomic E-state index is 3.91. The van der Waals surface area contributed by atoms with Gasteiger partial charge >= 0.3 is 0 Å². The molecular weight excluding hydrogens is 639 g/mol. The Kier molecular flexibility index (Phi) is 6.59. The highest BCUT2D eigenvalue weighted by atomic mass is 15.0. The predicted octanol–water partition coefficient (Wildman–Crippen LogP) is 14.3. The predicted molar refractivity (Wildman–Crippen MR) is 228 cm³/mol. The quantitative estimate of drug-likeness (QED) is 0.178. The first-order valence-electron chi connectivity index (χ1n) is 19.4. The van der Waals surface area contributed by atoms with E-state index in [2.05, 4.69) is 188 Å². The van der Waals surface area contributed by atoms with Crippen LogP contribution in [-0.4, -0.2) is 0 Å². The Labute approximate surface area is 314 Å². The molecule has 0 unspecified atom stereocenters. The molecular formula is C52H47N. The van der Waals surface area contributed by atoms with Gasteiger partial charge in [0.25, 0.3) is 0 Å². The van der Waals surface area contributed by atoms with Crippen molar-refractivity contribution in [3.8, 4) is 33.4 Å². The smallest absolute Gasteiger partial charge is 0.0569 e. The molecule has 10 rings (SSSR count). The Bertz CT molecular complexity index is 2780. The second kappa shape index (κ2) is 10.8. The molecule has 0 radical (unpaired) electrons. The van der Waals surface area contributed by atoms with E-state index in [4.69, 9.17) is 0 Å². The monoisotopic (exact) mass is 685 g/mol. The Hall–Kier alpha value is -5.40. The molecule has 0 aromatic heterocycles. The van der Waals surface area contributed by atoms with Gasteiger partial charge in [-0.15, -0.1) is 0 Å². The van der Waals surface area contributed by atoms with E-state index in [0.717, 1.165) is 0 Å². The van der Waals surface area contributed by atoms with Crippen LogP contribution in [0.5, 0.6) is 0 Å². The number of hydrogen-bond donors (Lipinski definition) is 1. The van der Waals surface area contributed by atoms with E-state index in [1.807, 2.05) is 0 Å². The molecule has 1 N–H and O–H groups in total. The van der Waals surface area contributed by atoms with E-state index in [1.54, 1.807) is 0 Å². The van der Waals surface area contributed by atoms with Gasteiger partial charge in [-0.25, -0.2) is 0 Å². The third-order valence-corrected chi connectivity index (χ3v) is 13.1. The first kappa shape index (κ1) is 32.3. The largest absolute Gasteiger partial charge is 0.376 e. The molecule has 0 saturated heterocycles. The van der Waals surface area contributed by atoms with Crippen molar-refractivity contribution >= 4 is 38.0 Å². The topological polar surface area (TPSA) is 12.0 Å². The van der Waals surface area contributed by atoms with Gasteiger partial charge in [0, 0.05) is 16.5 Å². The van der Waals surface area contributed by atoms with E-state index in [-0.39, 0.29) is 16.4 Å². The minimum atomic E-state index is -0.210. The SMILES string of the molecule is CC(C)c1ccc(C(C)(C)Nc2ccc3c(c2)C(C)(C)c2cc4c(cc2-3)C(C)(C)c2cc3ccc5c(-c6ccccc6)ccc6ccc(c2-4)c3c65)cc1. The van der Waals surface area contributed by atoms with Crippen LogP contribution in [-0.2, 0) is 16.4 Å². The zero-order valence-electron chi connectivity index (χ0n) is 32.2. The standard InChI is InChI=1S/C52H47N/c1-30(2)31-14-19-35(20-15-31)52(7,8)53-36-21-25-38-41-28-45-42(29-44(41)50(3,4)43(38)27-36)49-40-24-17-33-16-22-37(32-12-10-9-11-13-32)39-23-18-34(48(40)47(33)39)26-46(49)51(45,5)6/h9-30,53H,1-8H3. The van der Waals surface area contributed by atoms with E-state index in [9.17, 15) is 0 Å². The second-order valence-electron chi connectivity index (χ2n) is 17.7. The molecule has 2 aliphatic carbocycles. The van der Waals surface area contributed by atoms with Crippen molar-refractivity contribution in [2.45, 2.75) is 77.7 Å². The zero-order chi connectivity index (χ0) is 36.6. The molecule has 0 bridgehead atoms. The Morgan fingerprint density at radius 1 is 0.509 bits per heavy atom. The number of anilines is 1. The van der Waals surface area contributed by atoms with Gasteiger partial charge in [-0.3, -0.25) is 0 Å². The summed E-state index contributed by atoms with van der Waals surface area (Å²) < 4.78 is 0. The molecule has 0 saturated carbocycles. The number of rotatable bonds is 5. The lowest BCUT2D eigenvalue weighted by atomic mass is 9.79. The highest BCUT2D eigenvalue weighted by Gasteiger charge is 2.43. The summed E-state index contributed by atoms with van der Waals surface area (Å²) >= 11 is 0. The Morgan fingerprint density at radius 3 is 1.87 bits per heavy atom. The first-order chi connectivity index (χ1) is 25.3. The third kappa shape index (κ3) is 4.50. The van der Waals surface area contributed by atoms with Crippen LogP contribution in [0.25, 0.3) is 65.7 Å². The molecule has 0 spiro atoms. The number of benzene rings is 8. The highest BCUT2D eigenvalue weighted by molar-refractivity contribution is 6.28. The van der Waals surface area contributed by atoms with Crippen LogP contribution in [0.15, 0.2) is 127 Å². The molecule has 1 heteroatoms. The van der Waals surface area contributed by atoms with Crippen LogP contribution < -0.4 is 5.32 Å². The molecule has 8 aromatic rings. The maximum Gasteiger partial charge on any atom is 0.0569 e. The van der Waals surface area contributed by atoms with Gasteiger partial charge in [0.2, 0.25) is 0 Å². The number of nitrogens with one attached hydrogen (secondary N) is 1. The fourth-order valence-corrected chi connectivity index (χ4v) is 9.97. The van der Waals surface area contributed by atoms with Crippen LogP contribution in [0.4, 0.5) is 5.69 Å². The molecule has 0 fully saturated rings. The van der Waals surface area contributed by atoms with Gasteiger partial charge in [0.15, 0.2) is 0 Å². The first-order valence-corrected chi connectivity index (χ1v) is 19.4. The zero-order valence-corrected chi connectivity index (χ0v) is 32.2. The van der Waals surface area contributed by atoms with Crippen molar-refractivity contribution in [1.82, 2.24) is 0 Å². The van der Waals surface area contributed by atoms with Gasteiger partial charge in [0.1, 0.15) is 0 Å². The number of fused-ring (bicyclic) bond motifs is 7. The molecule has 260 valence electrons. The molecule has 1 nitrogen and oxygen atoms in total. The molecule has 2 aliphatic rings. The van der Waals surface area contributed by atoms with E-state index in [1.165, 1.54) is 105 Å². The maximum absolute atomic E-state index is 3.91. The fraction of sp³-hybridized carbons (Fsp3) is 0.231. The lowest BCUT2D eigenvalue weighted by Crippen LogP contribution is -2.28. The number of hydrogen-bond acceptors (Lipinski definition) is 1. The van der Waals surface area contributed by atoms with Crippen LogP contribution in [0.3, 0.4) is 0 Å². The summed E-state index contributed by atoms with van der Waals surface area (Å²) in [6, 6.07) is 48.8. The summed E-state index contributed by atoms with van der Waals surface area (Å²) in [4.78, 5) is 0. The fourth-order valence-electron chi connectivity index (χ4n) is 9.97. The normalized spacial score (nSPS) is 15.3. The minimum absolute atomic E-state index is 0.122. The lowest BCUT2D eigenvalue weighted by molar-refractivity contribution is 0.607. The molecule has 8 aromatic carbocycles. The highest BCUT2D eigenvalue weighted by Crippen LogP contribution is 2.58. The van der Waals surface area contributed by atoms with Gasteiger partial charge in [-0.1, -0.05) is 139 Å². The summed E-state index contributed by atoms with van der Waals surface area (Å²) in [5.41, 5.74) is 17.2. The summed E-state index contributed by atoms with van der Waals surface area (Å²) in [6.45, 7) is 18.8. The van der Waals surface area contributed by atoms with Crippen molar-refractivity contribution in [2.75, 3.05) is 5.32 Å². The van der Waals surface area contributed by atoms with Gasteiger partial charge in [-0.2, -0.15) is 0 Å². The average molecular weight is 686 g/mol. The van der Waals surface area contributed by atoms with E-state index < -0.39 is 0 Å². The Morgan fingerprint density at radius 2 is 1.11 bits per heavy atom. The summed E-state index contributed by atoms with van der Waals surface area (Å²) in [5.74, 6) is 0.529. The van der Waals surface area contributed by atoms with Crippen LogP contribution in [0, 0.1) is 0 Å². The molecule has 53 heavy (non-hydrogen) atoms.